The van der Waals surface area contributed by atoms with Crippen LogP contribution in [0.5, 0.6) is 0 Å². The molecule has 2 aromatic rings. The van der Waals surface area contributed by atoms with Gasteiger partial charge in [0.2, 0.25) is 0 Å². The standard InChI is InChI=1S/C10H13N5O3/c1-4-11-6-5-7(12-13-8(6)16)14(2)10(18)15(3)9(5)17/h4H2,1-3H3,(H,11,12)(H,13,16). The molecule has 0 bridgehead atoms. The van der Waals surface area contributed by atoms with E-state index >= 15 is 0 Å². The summed E-state index contributed by atoms with van der Waals surface area (Å²) in [5, 5.41) is 8.96. The lowest BCUT2D eigenvalue weighted by Crippen LogP contribution is -2.38. The summed E-state index contributed by atoms with van der Waals surface area (Å²) in [5.74, 6) is 0. The normalized spacial score (nSPS) is 10.8. The molecule has 0 aliphatic carbocycles. The van der Waals surface area contributed by atoms with Crippen LogP contribution in [0, 0.1) is 0 Å². The highest BCUT2D eigenvalue weighted by Crippen LogP contribution is 2.10. The first kappa shape index (κ1) is 12.1. The van der Waals surface area contributed by atoms with Crippen molar-refractivity contribution in [3.8, 4) is 0 Å². The molecule has 0 saturated carbocycles. The van der Waals surface area contributed by atoms with E-state index in [2.05, 4.69) is 15.5 Å². The average molecular weight is 251 g/mol. The second kappa shape index (κ2) is 4.13. The molecule has 0 aromatic carbocycles. The number of aryl methyl sites for hydroxylation is 1. The van der Waals surface area contributed by atoms with Crippen molar-refractivity contribution in [1.82, 2.24) is 19.3 Å². The van der Waals surface area contributed by atoms with Crippen molar-refractivity contribution in [2.75, 3.05) is 11.9 Å². The number of anilines is 1. The van der Waals surface area contributed by atoms with Crippen molar-refractivity contribution in [3.05, 3.63) is 31.2 Å². The molecular formula is C10H13N5O3. The number of nitrogens with one attached hydrogen (secondary N) is 2. The molecule has 0 atom stereocenters. The van der Waals surface area contributed by atoms with E-state index in [0.29, 0.717) is 6.54 Å². The van der Waals surface area contributed by atoms with Crippen LogP contribution in [0.15, 0.2) is 14.4 Å². The Morgan fingerprint density at radius 2 is 1.89 bits per heavy atom. The minimum Gasteiger partial charge on any atom is -0.380 e. The smallest absolute Gasteiger partial charge is 0.332 e. The number of H-pyrrole nitrogens is 1. The number of aromatic nitrogens is 4. The Labute approximate surface area is 101 Å². The SMILES string of the molecule is CCNc1c(=O)[nH]nc2c1c(=O)n(C)c(=O)n2C. The predicted octanol–water partition coefficient (Wildman–Crippen LogP) is -1.25. The highest BCUT2D eigenvalue weighted by atomic mass is 16.2. The fraction of sp³-hybridized carbons (Fsp3) is 0.400. The topological polar surface area (TPSA) is 102 Å². The molecule has 0 spiro atoms. The maximum Gasteiger partial charge on any atom is 0.332 e. The molecule has 96 valence electrons. The van der Waals surface area contributed by atoms with Gasteiger partial charge in [-0.15, -0.1) is 0 Å². The Morgan fingerprint density at radius 1 is 1.22 bits per heavy atom. The molecule has 0 unspecified atom stereocenters. The zero-order valence-corrected chi connectivity index (χ0v) is 10.3. The minimum absolute atomic E-state index is 0.116. The van der Waals surface area contributed by atoms with Crippen LogP contribution in [-0.2, 0) is 14.1 Å². The number of hydrogen-bond acceptors (Lipinski definition) is 5. The summed E-state index contributed by atoms with van der Waals surface area (Å²) in [5.41, 5.74) is -1.23. The third-order valence-corrected chi connectivity index (χ3v) is 2.73. The molecule has 2 aromatic heterocycles. The van der Waals surface area contributed by atoms with Gasteiger partial charge in [0.25, 0.3) is 11.1 Å². The van der Waals surface area contributed by atoms with E-state index in [9.17, 15) is 14.4 Å². The van der Waals surface area contributed by atoms with Crippen LogP contribution >= 0.6 is 0 Å². The van der Waals surface area contributed by atoms with E-state index in [1.165, 1.54) is 18.7 Å². The Morgan fingerprint density at radius 3 is 2.50 bits per heavy atom. The molecule has 0 aliphatic heterocycles. The van der Waals surface area contributed by atoms with Gasteiger partial charge >= 0.3 is 5.69 Å². The Bertz CT molecular complexity index is 783. The molecule has 8 nitrogen and oxygen atoms in total. The zero-order chi connectivity index (χ0) is 13.4. The zero-order valence-electron chi connectivity index (χ0n) is 10.3. The summed E-state index contributed by atoms with van der Waals surface area (Å²) in [7, 11) is 2.85. The molecule has 0 radical (unpaired) electrons. The number of nitrogens with zero attached hydrogens (tertiary/aromatic N) is 3. The van der Waals surface area contributed by atoms with Gasteiger partial charge in [0.15, 0.2) is 5.65 Å². The molecule has 8 heteroatoms. The monoisotopic (exact) mass is 251 g/mol. The summed E-state index contributed by atoms with van der Waals surface area (Å²) in [4.78, 5) is 35.5. The van der Waals surface area contributed by atoms with Gasteiger partial charge in [-0.25, -0.2) is 9.89 Å². The summed E-state index contributed by atoms with van der Waals surface area (Å²) >= 11 is 0. The Hall–Kier alpha value is -2.38. The molecule has 2 rings (SSSR count). The highest BCUT2D eigenvalue weighted by Gasteiger charge is 2.15. The van der Waals surface area contributed by atoms with Crippen molar-refractivity contribution in [2.45, 2.75) is 6.92 Å². The van der Waals surface area contributed by atoms with Crippen molar-refractivity contribution in [1.29, 1.82) is 0 Å². The van der Waals surface area contributed by atoms with Gasteiger partial charge in [-0.2, -0.15) is 5.10 Å². The number of aromatic amines is 1. The fourth-order valence-corrected chi connectivity index (χ4v) is 1.80. The van der Waals surface area contributed by atoms with E-state index < -0.39 is 16.8 Å². The average Bonchev–Trinajstić information content (AvgIpc) is 2.36. The first-order chi connectivity index (χ1) is 8.49. The molecule has 0 saturated heterocycles. The van der Waals surface area contributed by atoms with E-state index in [1.54, 1.807) is 6.92 Å². The van der Waals surface area contributed by atoms with Crippen LogP contribution in [0.3, 0.4) is 0 Å². The minimum atomic E-state index is -0.539. The Balaban J connectivity index is 3.12. The second-order valence-corrected chi connectivity index (χ2v) is 3.86. The van der Waals surface area contributed by atoms with Crippen LogP contribution in [0.25, 0.3) is 11.0 Å². The molecule has 0 aliphatic rings. The fourth-order valence-electron chi connectivity index (χ4n) is 1.80. The van der Waals surface area contributed by atoms with Crippen LogP contribution < -0.4 is 22.1 Å². The maximum atomic E-state index is 12.1. The van der Waals surface area contributed by atoms with E-state index in [-0.39, 0.29) is 16.7 Å². The van der Waals surface area contributed by atoms with E-state index in [0.717, 1.165) is 4.57 Å². The molecule has 2 N–H and O–H groups in total. The lowest BCUT2D eigenvalue weighted by molar-refractivity contribution is 0.702. The largest absolute Gasteiger partial charge is 0.380 e. The van der Waals surface area contributed by atoms with E-state index in [1.807, 2.05) is 0 Å². The van der Waals surface area contributed by atoms with Crippen molar-refractivity contribution in [3.63, 3.8) is 0 Å². The Kier molecular flexibility index (Phi) is 2.77. The van der Waals surface area contributed by atoms with E-state index in [4.69, 9.17) is 0 Å². The lowest BCUT2D eigenvalue weighted by atomic mass is 10.3. The van der Waals surface area contributed by atoms with Crippen molar-refractivity contribution in [2.24, 2.45) is 14.1 Å². The summed E-state index contributed by atoms with van der Waals surface area (Å²) in [6.45, 7) is 2.28. The van der Waals surface area contributed by atoms with Gasteiger partial charge < -0.3 is 5.32 Å². The predicted molar refractivity (Wildman–Crippen MR) is 67.0 cm³/mol. The number of rotatable bonds is 2. The summed E-state index contributed by atoms with van der Waals surface area (Å²) < 4.78 is 2.16. The van der Waals surface area contributed by atoms with Gasteiger partial charge in [0.05, 0.1) is 0 Å². The van der Waals surface area contributed by atoms with Crippen molar-refractivity contribution >= 4 is 16.7 Å². The van der Waals surface area contributed by atoms with Gasteiger partial charge in [0, 0.05) is 20.6 Å². The van der Waals surface area contributed by atoms with Crippen LogP contribution in [0.1, 0.15) is 6.92 Å². The molecule has 2 heterocycles. The molecular weight excluding hydrogens is 238 g/mol. The molecule has 0 amide bonds. The maximum absolute atomic E-state index is 12.1. The van der Waals surface area contributed by atoms with Gasteiger partial charge in [0.1, 0.15) is 11.1 Å². The van der Waals surface area contributed by atoms with Crippen LogP contribution in [0.2, 0.25) is 0 Å². The van der Waals surface area contributed by atoms with Crippen molar-refractivity contribution < 1.29 is 0 Å². The first-order valence-corrected chi connectivity index (χ1v) is 5.41. The first-order valence-electron chi connectivity index (χ1n) is 5.41. The second-order valence-electron chi connectivity index (χ2n) is 3.86. The third-order valence-electron chi connectivity index (χ3n) is 2.73. The van der Waals surface area contributed by atoms with Gasteiger partial charge in [-0.05, 0) is 6.92 Å². The summed E-state index contributed by atoms with van der Waals surface area (Å²) in [6.07, 6.45) is 0. The number of hydrogen-bond donors (Lipinski definition) is 2. The van der Waals surface area contributed by atoms with Crippen LogP contribution in [0.4, 0.5) is 5.69 Å². The van der Waals surface area contributed by atoms with Gasteiger partial charge in [-0.3, -0.25) is 18.7 Å². The number of fused-ring (bicyclic) bond motifs is 1. The summed E-state index contributed by atoms with van der Waals surface area (Å²) in [6, 6.07) is 0. The molecule has 18 heavy (non-hydrogen) atoms. The lowest BCUT2D eigenvalue weighted by Gasteiger charge is -2.09. The third kappa shape index (κ3) is 1.53. The van der Waals surface area contributed by atoms with Gasteiger partial charge in [-0.1, -0.05) is 0 Å². The molecule has 0 fully saturated rings. The highest BCUT2D eigenvalue weighted by molar-refractivity contribution is 5.87. The van der Waals surface area contributed by atoms with Crippen LogP contribution in [-0.4, -0.2) is 25.9 Å². The quantitative estimate of drug-likeness (QED) is 0.694.